The molecule has 150 valence electrons. The molecule has 0 heterocycles. The van der Waals surface area contributed by atoms with E-state index in [9.17, 15) is 17.8 Å². The molecule has 0 radical (unpaired) electrons. The normalized spacial score (nSPS) is 12.4. The largest absolute Gasteiger partial charge is 1.00 e. The summed E-state index contributed by atoms with van der Waals surface area (Å²) in [6, 6.07) is 0. The molecule has 0 aliphatic carbocycles. The van der Waals surface area contributed by atoms with Crippen LogP contribution in [0.25, 0.3) is 0 Å². The van der Waals surface area contributed by atoms with Crippen molar-refractivity contribution in [3.63, 3.8) is 0 Å². The van der Waals surface area contributed by atoms with Gasteiger partial charge in [0.2, 0.25) is 5.91 Å². The number of hydrogen-bond donors (Lipinski definition) is 2. The van der Waals surface area contributed by atoms with E-state index < -0.39 is 21.3 Å². The van der Waals surface area contributed by atoms with Crippen molar-refractivity contribution in [2.24, 2.45) is 0 Å². The summed E-state index contributed by atoms with van der Waals surface area (Å²) < 4.78 is 33.6. The molecule has 0 spiro atoms. The van der Waals surface area contributed by atoms with Crippen molar-refractivity contribution in [2.45, 2.75) is 95.6 Å². The van der Waals surface area contributed by atoms with Crippen molar-refractivity contribution < 1.29 is 52.4 Å². The molecule has 0 aliphatic heterocycles. The van der Waals surface area contributed by atoms with Gasteiger partial charge in [0.05, 0.1) is 6.61 Å². The number of unbranched alkanes of at least 4 members (excludes halogenated alkanes) is 11. The Bertz CT molecular complexity index is 431. The second-order valence-electron chi connectivity index (χ2n) is 6.67. The van der Waals surface area contributed by atoms with Gasteiger partial charge >= 0.3 is 29.6 Å². The first-order valence-corrected chi connectivity index (χ1v) is 11.2. The van der Waals surface area contributed by atoms with Crippen LogP contribution in [0.3, 0.4) is 0 Å². The van der Waals surface area contributed by atoms with Crippen molar-refractivity contribution in [2.75, 3.05) is 13.2 Å². The molecule has 6 nitrogen and oxygen atoms in total. The van der Waals surface area contributed by atoms with Crippen LogP contribution in [0.5, 0.6) is 0 Å². The molecule has 0 saturated carbocycles. The van der Waals surface area contributed by atoms with Gasteiger partial charge in [-0.2, -0.15) is 0 Å². The Labute approximate surface area is 181 Å². The topological polar surface area (TPSA) is 107 Å². The summed E-state index contributed by atoms with van der Waals surface area (Å²) in [5, 5.41) is 9.37. The van der Waals surface area contributed by atoms with Crippen molar-refractivity contribution in [3.8, 4) is 0 Å². The van der Waals surface area contributed by atoms with Crippen LogP contribution in [0.4, 0.5) is 0 Å². The molecule has 0 rings (SSSR count). The van der Waals surface area contributed by atoms with Crippen molar-refractivity contribution in [1.29, 1.82) is 0 Å². The number of aliphatic hydroxyl groups excluding tert-OH is 1. The molecule has 0 aromatic rings. The fourth-order valence-corrected chi connectivity index (χ4v) is 3.67. The number of rotatable bonds is 17. The molecule has 2 N–H and O–H groups in total. The molecule has 8 heteroatoms. The maximum absolute atomic E-state index is 11.7. The van der Waals surface area contributed by atoms with E-state index in [0.717, 1.165) is 19.3 Å². The molecule has 0 fully saturated rings. The molecule has 1 atom stereocenters. The first-order chi connectivity index (χ1) is 11.9. The summed E-state index contributed by atoms with van der Waals surface area (Å²) in [6.45, 7) is 1.90. The number of aliphatic hydroxyl groups is 1. The zero-order valence-corrected chi connectivity index (χ0v) is 19.5. The van der Waals surface area contributed by atoms with Gasteiger partial charge in [0.1, 0.15) is 15.4 Å². The molecule has 0 aromatic carbocycles. The Kier molecular flexibility index (Phi) is 20.5. The minimum atomic E-state index is -4.65. The van der Waals surface area contributed by atoms with E-state index >= 15 is 0 Å². The Morgan fingerprint density at radius 2 is 1.35 bits per heavy atom. The zero-order valence-electron chi connectivity index (χ0n) is 16.7. The SMILES string of the molecule is CCCCCCCCCCCCCCC(C(=O)NCCO)S(=O)(=O)[O-].[Na+]. The fourth-order valence-electron chi connectivity index (χ4n) is 2.87. The third-order valence-electron chi connectivity index (χ3n) is 4.37. The number of nitrogens with one attached hydrogen (secondary N) is 1. The summed E-state index contributed by atoms with van der Waals surface area (Å²) in [5.74, 6) is -0.799. The van der Waals surface area contributed by atoms with Crippen LogP contribution >= 0.6 is 0 Å². The average Bonchev–Trinajstić information content (AvgIpc) is 2.55. The van der Waals surface area contributed by atoms with E-state index in [0.29, 0.717) is 6.42 Å². The Hall–Kier alpha value is 0.340. The van der Waals surface area contributed by atoms with Gasteiger partial charge in [-0.15, -0.1) is 0 Å². The minimum absolute atomic E-state index is 0. The molecule has 0 bridgehead atoms. The monoisotopic (exact) mass is 401 g/mol. The van der Waals surface area contributed by atoms with E-state index in [4.69, 9.17) is 5.11 Å². The van der Waals surface area contributed by atoms with Gasteiger partial charge in [-0.25, -0.2) is 8.42 Å². The van der Waals surface area contributed by atoms with Crippen LogP contribution in [0, 0.1) is 0 Å². The van der Waals surface area contributed by atoms with E-state index in [-0.39, 0.29) is 49.1 Å². The zero-order chi connectivity index (χ0) is 19.0. The van der Waals surface area contributed by atoms with Crippen LogP contribution in [-0.4, -0.2) is 42.4 Å². The van der Waals surface area contributed by atoms with Crippen molar-refractivity contribution >= 4 is 16.0 Å². The van der Waals surface area contributed by atoms with Crippen LogP contribution < -0.4 is 34.9 Å². The Balaban J connectivity index is 0. The van der Waals surface area contributed by atoms with Gasteiger partial charge in [0.15, 0.2) is 0 Å². The van der Waals surface area contributed by atoms with Gasteiger partial charge in [0.25, 0.3) is 0 Å². The van der Waals surface area contributed by atoms with E-state index in [1.165, 1.54) is 51.4 Å². The predicted octanol–water partition coefficient (Wildman–Crippen LogP) is 0.104. The summed E-state index contributed by atoms with van der Waals surface area (Å²) in [6.07, 6.45) is 13.9. The summed E-state index contributed by atoms with van der Waals surface area (Å²) in [4.78, 5) is 11.7. The predicted molar refractivity (Wildman–Crippen MR) is 99.3 cm³/mol. The maximum Gasteiger partial charge on any atom is 1.00 e. The van der Waals surface area contributed by atoms with E-state index in [2.05, 4.69) is 12.2 Å². The number of carbonyl (C=O) groups excluding carboxylic acids is 1. The summed E-state index contributed by atoms with van der Waals surface area (Å²) in [5.41, 5.74) is 0. The first-order valence-electron chi connectivity index (χ1n) is 9.76. The third-order valence-corrected chi connectivity index (χ3v) is 5.52. The average molecular weight is 402 g/mol. The molecule has 1 unspecified atom stereocenters. The number of amides is 1. The van der Waals surface area contributed by atoms with Crippen LogP contribution in [0.15, 0.2) is 0 Å². The quantitative estimate of drug-likeness (QED) is 0.204. The van der Waals surface area contributed by atoms with Gasteiger partial charge in [-0.05, 0) is 6.42 Å². The molecule has 0 aliphatic rings. The Morgan fingerprint density at radius 1 is 0.923 bits per heavy atom. The number of carbonyl (C=O) groups is 1. The molecule has 1 amide bonds. The van der Waals surface area contributed by atoms with Gasteiger partial charge in [0, 0.05) is 6.54 Å². The number of hydrogen-bond acceptors (Lipinski definition) is 5. The Morgan fingerprint density at radius 3 is 1.73 bits per heavy atom. The summed E-state index contributed by atoms with van der Waals surface area (Å²) in [7, 11) is -4.65. The van der Waals surface area contributed by atoms with Gasteiger partial charge in [-0.3, -0.25) is 4.79 Å². The van der Waals surface area contributed by atoms with Gasteiger partial charge in [-0.1, -0.05) is 84.0 Å². The van der Waals surface area contributed by atoms with Gasteiger partial charge < -0.3 is 15.0 Å². The fraction of sp³-hybridized carbons (Fsp3) is 0.944. The van der Waals surface area contributed by atoms with Crippen LogP contribution in [0.2, 0.25) is 0 Å². The smallest absolute Gasteiger partial charge is 0.747 e. The van der Waals surface area contributed by atoms with Crippen LogP contribution in [0.1, 0.15) is 90.4 Å². The van der Waals surface area contributed by atoms with Crippen molar-refractivity contribution in [3.05, 3.63) is 0 Å². The third kappa shape index (κ3) is 16.5. The molecule has 0 saturated heterocycles. The van der Waals surface area contributed by atoms with E-state index in [1.807, 2.05) is 0 Å². The second kappa shape index (κ2) is 18.7. The van der Waals surface area contributed by atoms with E-state index in [1.54, 1.807) is 0 Å². The molecular formula is C18H36NNaO5S. The first kappa shape index (κ1) is 28.5. The summed E-state index contributed by atoms with van der Waals surface area (Å²) >= 11 is 0. The van der Waals surface area contributed by atoms with Crippen molar-refractivity contribution in [1.82, 2.24) is 5.32 Å². The minimum Gasteiger partial charge on any atom is -0.747 e. The maximum atomic E-state index is 11.7. The second-order valence-corrected chi connectivity index (χ2v) is 8.23. The van der Waals surface area contributed by atoms with Crippen LogP contribution in [-0.2, 0) is 14.9 Å². The molecule has 26 heavy (non-hydrogen) atoms. The standard InChI is InChI=1S/C18H37NO5S.Na/c1-2-3-4-5-6-7-8-9-10-11-12-13-14-17(25(22,23)24)18(21)19-15-16-20;/h17,20H,2-16H2,1H3,(H,19,21)(H,22,23,24);/q;+1/p-1. The molecular weight excluding hydrogens is 365 g/mol. The molecule has 0 aromatic heterocycles.